The number of rotatable bonds is 3. The van der Waals surface area contributed by atoms with Gasteiger partial charge in [-0.1, -0.05) is 13.8 Å². The smallest absolute Gasteiger partial charge is 0.226 e. The van der Waals surface area contributed by atoms with Crippen LogP contribution in [0.1, 0.15) is 13.8 Å². The Kier molecular flexibility index (Phi) is 4.62. The van der Waals surface area contributed by atoms with Gasteiger partial charge in [-0.25, -0.2) is 0 Å². The molecule has 0 aromatic rings. The molecule has 0 aromatic heterocycles. The van der Waals surface area contributed by atoms with Crippen molar-refractivity contribution < 1.29 is 14.3 Å². The van der Waals surface area contributed by atoms with E-state index in [1.807, 2.05) is 13.8 Å². The van der Waals surface area contributed by atoms with E-state index in [9.17, 15) is 4.79 Å². The third-order valence-corrected chi connectivity index (χ3v) is 1.90. The topological polar surface area (TPSA) is 47.6 Å². The maximum atomic E-state index is 11.2. The van der Waals surface area contributed by atoms with E-state index in [2.05, 4.69) is 5.32 Å². The van der Waals surface area contributed by atoms with Crippen LogP contribution in [0.3, 0.4) is 0 Å². The van der Waals surface area contributed by atoms with Gasteiger partial charge in [0.15, 0.2) is 0 Å². The molecule has 1 amide bonds. The highest BCUT2D eigenvalue weighted by Crippen LogP contribution is 2.01. The molecule has 1 aliphatic rings. The van der Waals surface area contributed by atoms with Crippen molar-refractivity contribution in [3.8, 4) is 0 Å². The molecule has 0 bridgehead atoms. The zero-order valence-electron chi connectivity index (χ0n) is 8.66. The Hall–Kier alpha value is -0.870. The van der Waals surface area contributed by atoms with Crippen LogP contribution in [-0.4, -0.2) is 31.8 Å². The van der Waals surface area contributed by atoms with Crippen molar-refractivity contribution in [2.24, 2.45) is 5.92 Å². The molecule has 0 aliphatic carbocycles. The average Bonchev–Trinajstić information content (AvgIpc) is 2.19. The van der Waals surface area contributed by atoms with Crippen molar-refractivity contribution >= 4 is 5.91 Å². The molecule has 80 valence electrons. The van der Waals surface area contributed by atoms with Crippen molar-refractivity contribution in [3.63, 3.8) is 0 Å². The molecule has 1 aliphatic heterocycles. The molecule has 4 heteroatoms. The van der Waals surface area contributed by atoms with Crippen LogP contribution in [0, 0.1) is 5.92 Å². The van der Waals surface area contributed by atoms with Crippen LogP contribution in [0.5, 0.6) is 0 Å². The first kappa shape index (κ1) is 11.2. The van der Waals surface area contributed by atoms with Crippen molar-refractivity contribution in [3.05, 3.63) is 12.3 Å². The molecule has 1 unspecified atom stereocenters. The number of amides is 1. The molecule has 1 rings (SSSR count). The summed E-state index contributed by atoms with van der Waals surface area (Å²) in [5.41, 5.74) is 0. The Balaban J connectivity index is 2.22. The summed E-state index contributed by atoms with van der Waals surface area (Å²) in [5, 5.41) is 2.67. The van der Waals surface area contributed by atoms with Crippen LogP contribution in [-0.2, 0) is 14.3 Å². The Morgan fingerprint density at radius 1 is 1.50 bits per heavy atom. The van der Waals surface area contributed by atoms with E-state index in [1.54, 1.807) is 12.3 Å². The van der Waals surface area contributed by atoms with Gasteiger partial charge < -0.3 is 14.8 Å². The van der Waals surface area contributed by atoms with Gasteiger partial charge >= 0.3 is 0 Å². The van der Waals surface area contributed by atoms with E-state index >= 15 is 0 Å². The zero-order valence-corrected chi connectivity index (χ0v) is 8.66. The number of carbonyl (C=O) groups excluding carboxylic acids is 1. The van der Waals surface area contributed by atoms with Crippen LogP contribution in [0.4, 0.5) is 0 Å². The maximum Gasteiger partial charge on any atom is 0.226 e. The fraction of sp³-hybridized carbons (Fsp3) is 0.700. The fourth-order valence-electron chi connectivity index (χ4n) is 1.02. The molecule has 0 aromatic carbocycles. The number of carbonyl (C=O) groups is 1. The molecule has 1 heterocycles. The largest absolute Gasteiger partial charge is 0.376 e. The zero-order chi connectivity index (χ0) is 10.4. The molecular formula is C10H17NO3. The lowest BCUT2D eigenvalue weighted by atomic mass is 10.2. The van der Waals surface area contributed by atoms with E-state index in [-0.39, 0.29) is 17.9 Å². The Labute approximate surface area is 84.3 Å². The predicted octanol–water partition coefficient (Wildman–Crippen LogP) is 0.688. The maximum absolute atomic E-state index is 11.2. The lowest BCUT2D eigenvalue weighted by molar-refractivity contribution is -0.123. The number of hydrogen-bond donors (Lipinski definition) is 1. The van der Waals surface area contributed by atoms with E-state index in [1.165, 1.54) is 0 Å². The lowest BCUT2D eigenvalue weighted by Crippen LogP contribution is -2.28. The van der Waals surface area contributed by atoms with Crippen LogP contribution >= 0.6 is 0 Å². The van der Waals surface area contributed by atoms with Crippen molar-refractivity contribution in [2.75, 3.05) is 19.8 Å². The van der Waals surface area contributed by atoms with Gasteiger partial charge in [-0.3, -0.25) is 4.79 Å². The second-order valence-electron chi connectivity index (χ2n) is 3.51. The highest BCUT2D eigenvalue weighted by molar-refractivity contribution is 5.78. The molecule has 0 saturated carbocycles. The SMILES string of the molecule is CC(C)C(=O)N/C=C/C1COCCO1. The molecule has 1 fully saturated rings. The van der Waals surface area contributed by atoms with E-state index < -0.39 is 0 Å². The van der Waals surface area contributed by atoms with Crippen LogP contribution in [0.25, 0.3) is 0 Å². The standard InChI is InChI=1S/C10H17NO3/c1-8(2)10(12)11-4-3-9-7-13-5-6-14-9/h3-4,8-9H,5-7H2,1-2H3,(H,11,12)/b4-3+. The van der Waals surface area contributed by atoms with E-state index in [4.69, 9.17) is 9.47 Å². The average molecular weight is 199 g/mol. The van der Waals surface area contributed by atoms with Crippen molar-refractivity contribution in [1.82, 2.24) is 5.32 Å². The second-order valence-corrected chi connectivity index (χ2v) is 3.51. The summed E-state index contributed by atoms with van der Waals surface area (Å²) in [6, 6.07) is 0. The second kappa shape index (κ2) is 5.78. The Morgan fingerprint density at radius 2 is 2.29 bits per heavy atom. The minimum atomic E-state index is -0.0313. The first-order chi connectivity index (χ1) is 6.70. The van der Waals surface area contributed by atoms with Crippen LogP contribution < -0.4 is 5.32 Å². The van der Waals surface area contributed by atoms with Crippen LogP contribution in [0.15, 0.2) is 12.3 Å². The summed E-state index contributed by atoms with van der Waals surface area (Å²) in [7, 11) is 0. The van der Waals surface area contributed by atoms with Gasteiger partial charge in [0.1, 0.15) is 6.10 Å². The molecule has 0 radical (unpaired) electrons. The molecule has 1 saturated heterocycles. The predicted molar refractivity (Wildman–Crippen MR) is 52.7 cm³/mol. The summed E-state index contributed by atoms with van der Waals surface area (Å²) in [5.74, 6) is 0.0150. The van der Waals surface area contributed by atoms with Gasteiger partial charge in [0.2, 0.25) is 5.91 Å². The summed E-state index contributed by atoms with van der Waals surface area (Å²) < 4.78 is 10.6. The van der Waals surface area contributed by atoms with Gasteiger partial charge in [-0.15, -0.1) is 0 Å². The van der Waals surface area contributed by atoms with Gasteiger partial charge in [-0.2, -0.15) is 0 Å². The fourth-order valence-corrected chi connectivity index (χ4v) is 1.02. The Morgan fingerprint density at radius 3 is 2.86 bits per heavy atom. The van der Waals surface area contributed by atoms with E-state index in [0.29, 0.717) is 19.8 Å². The number of nitrogens with one attached hydrogen (secondary N) is 1. The quantitative estimate of drug-likeness (QED) is 0.727. The summed E-state index contributed by atoms with van der Waals surface area (Å²) >= 11 is 0. The number of ether oxygens (including phenoxy) is 2. The normalized spacial score (nSPS) is 22.9. The lowest BCUT2D eigenvalue weighted by Gasteiger charge is -2.19. The minimum Gasteiger partial charge on any atom is -0.376 e. The molecule has 1 N–H and O–H groups in total. The molecule has 0 spiro atoms. The van der Waals surface area contributed by atoms with Gasteiger partial charge in [0.25, 0.3) is 0 Å². The molecular weight excluding hydrogens is 182 g/mol. The Bertz CT molecular complexity index is 207. The third-order valence-electron chi connectivity index (χ3n) is 1.90. The van der Waals surface area contributed by atoms with Gasteiger partial charge in [-0.05, 0) is 6.08 Å². The minimum absolute atomic E-state index is 0.00294. The van der Waals surface area contributed by atoms with Gasteiger partial charge in [0, 0.05) is 12.1 Å². The summed E-state index contributed by atoms with van der Waals surface area (Å²) in [4.78, 5) is 11.2. The molecule has 4 nitrogen and oxygen atoms in total. The monoisotopic (exact) mass is 199 g/mol. The first-order valence-corrected chi connectivity index (χ1v) is 4.86. The van der Waals surface area contributed by atoms with Crippen molar-refractivity contribution in [1.29, 1.82) is 0 Å². The molecule has 1 atom stereocenters. The first-order valence-electron chi connectivity index (χ1n) is 4.86. The summed E-state index contributed by atoms with van der Waals surface area (Å²) in [6.07, 6.45) is 3.40. The highest BCUT2D eigenvalue weighted by Gasteiger charge is 2.10. The number of hydrogen-bond acceptors (Lipinski definition) is 3. The van der Waals surface area contributed by atoms with Crippen LogP contribution in [0.2, 0.25) is 0 Å². The highest BCUT2D eigenvalue weighted by atomic mass is 16.6. The van der Waals surface area contributed by atoms with Crippen molar-refractivity contribution in [2.45, 2.75) is 20.0 Å². The van der Waals surface area contributed by atoms with Gasteiger partial charge in [0.05, 0.1) is 19.8 Å². The third kappa shape index (κ3) is 3.89. The molecule has 14 heavy (non-hydrogen) atoms. The van der Waals surface area contributed by atoms with E-state index in [0.717, 1.165) is 0 Å². The summed E-state index contributed by atoms with van der Waals surface area (Å²) in [6.45, 7) is 5.54.